The molecule has 5 heteroatoms. The van der Waals surface area contributed by atoms with Crippen molar-refractivity contribution in [2.45, 2.75) is 0 Å². The first-order valence-electron chi connectivity index (χ1n) is 5.97. The first-order valence-corrected chi connectivity index (χ1v) is 6.35. The van der Waals surface area contributed by atoms with Gasteiger partial charge in [0.25, 0.3) is 5.91 Å². The van der Waals surface area contributed by atoms with Gasteiger partial charge in [-0.15, -0.1) is 0 Å². The van der Waals surface area contributed by atoms with Crippen LogP contribution in [0.3, 0.4) is 0 Å². The number of anilines is 1. The number of hydrogen-bond donors (Lipinski definition) is 2. The highest BCUT2D eigenvalue weighted by atomic mass is 35.5. The number of rotatable bonds is 2. The van der Waals surface area contributed by atoms with Gasteiger partial charge in [-0.25, -0.2) is 4.39 Å². The molecule has 0 spiro atoms. The van der Waals surface area contributed by atoms with Crippen LogP contribution >= 0.6 is 11.6 Å². The number of carbonyl (C=O) groups excluding carboxylic acids is 1. The highest BCUT2D eigenvalue weighted by Crippen LogP contribution is 2.21. The lowest BCUT2D eigenvalue weighted by atomic mass is 10.1. The van der Waals surface area contributed by atoms with Crippen LogP contribution in [0.4, 0.5) is 10.1 Å². The smallest absolute Gasteiger partial charge is 0.257 e. The van der Waals surface area contributed by atoms with Crippen molar-refractivity contribution in [2.24, 2.45) is 0 Å². The SMILES string of the molecule is O=C(Nc1cccc(Cl)c1)c1c[nH]c2ccc(F)cc12. The lowest BCUT2D eigenvalue weighted by Crippen LogP contribution is -2.11. The molecule has 0 radical (unpaired) electrons. The standard InChI is InChI=1S/C15H10ClFN2O/c16-9-2-1-3-11(6-9)19-15(20)13-8-18-14-5-4-10(17)7-12(13)14/h1-8,18H,(H,19,20). The average molecular weight is 289 g/mol. The number of H-pyrrole nitrogens is 1. The largest absolute Gasteiger partial charge is 0.360 e. The van der Waals surface area contributed by atoms with E-state index in [2.05, 4.69) is 10.3 Å². The summed E-state index contributed by atoms with van der Waals surface area (Å²) >= 11 is 5.86. The van der Waals surface area contributed by atoms with E-state index < -0.39 is 0 Å². The van der Waals surface area contributed by atoms with Gasteiger partial charge in [0, 0.05) is 27.8 Å². The van der Waals surface area contributed by atoms with Gasteiger partial charge >= 0.3 is 0 Å². The lowest BCUT2D eigenvalue weighted by Gasteiger charge is -2.04. The molecule has 0 aliphatic heterocycles. The summed E-state index contributed by atoms with van der Waals surface area (Å²) < 4.78 is 13.3. The van der Waals surface area contributed by atoms with Gasteiger partial charge in [-0.2, -0.15) is 0 Å². The van der Waals surface area contributed by atoms with E-state index in [0.717, 1.165) is 0 Å². The van der Waals surface area contributed by atoms with Crippen LogP contribution < -0.4 is 5.32 Å². The first-order chi connectivity index (χ1) is 9.63. The number of aromatic amines is 1. The van der Waals surface area contributed by atoms with Crippen LogP contribution in [0.1, 0.15) is 10.4 Å². The second kappa shape index (κ2) is 4.98. The van der Waals surface area contributed by atoms with Gasteiger partial charge in [0.2, 0.25) is 0 Å². The van der Waals surface area contributed by atoms with Crippen molar-refractivity contribution in [1.82, 2.24) is 4.98 Å². The number of amides is 1. The van der Waals surface area contributed by atoms with Crippen LogP contribution in [0.25, 0.3) is 10.9 Å². The maximum atomic E-state index is 13.3. The molecule has 0 aliphatic rings. The summed E-state index contributed by atoms with van der Waals surface area (Å²) in [5.74, 6) is -0.696. The minimum Gasteiger partial charge on any atom is -0.360 e. The quantitative estimate of drug-likeness (QED) is 0.729. The molecule has 0 saturated carbocycles. The number of halogens is 2. The van der Waals surface area contributed by atoms with Gasteiger partial charge in [-0.3, -0.25) is 4.79 Å². The molecule has 0 aliphatic carbocycles. The molecule has 1 amide bonds. The minimum atomic E-state index is -0.381. The molecule has 0 saturated heterocycles. The first kappa shape index (κ1) is 12.7. The number of nitrogens with one attached hydrogen (secondary N) is 2. The zero-order valence-corrected chi connectivity index (χ0v) is 11.0. The van der Waals surface area contributed by atoms with Crippen molar-refractivity contribution in [3.8, 4) is 0 Å². The molecule has 1 heterocycles. The molecule has 3 aromatic rings. The Balaban J connectivity index is 1.94. The van der Waals surface area contributed by atoms with E-state index in [-0.39, 0.29) is 11.7 Å². The average Bonchev–Trinajstić information content (AvgIpc) is 2.81. The minimum absolute atomic E-state index is 0.316. The van der Waals surface area contributed by atoms with Crippen molar-refractivity contribution in [3.05, 3.63) is 65.1 Å². The lowest BCUT2D eigenvalue weighted by molar-refractivity contribution is 0.102. The number of carbonyl (C=O) groups is 1. The van der Waals surface area contributed by atoms with Crippen molar-refractivity contribution < 1.29 is 9.18 Å². The van der Waals surface area contributed by atoms with E-state index in [1.807, 2.05) is 0 Å². The third-order valence-corrected chi connectivity index (χ3v) is 3.21. The Morgan fingerprint density at radius 1 is 1.20 bits per heavy atom. The second-order valence-electron chi connectivity index (χ2n) is 4.36. The summed E-state index contributed by atoms with van der Waals surface area (Å²) in [6.45, 7) is 0. The molecule has 0 fully saturated rings. The van der Waals surface area contributed by atoms with Crippen molar-refractivity contribution in [3.63, 3.8) is 0 Å². The van der Waals surface area contributed by atoms with E-state index in [1.165, 1.54) is 12.1 Å². The van der Waals surface area contributed by atoms with E-state index in [9.17, 15) is 9.18 Å². The summed E-state index contributed by atoms with van der Waals surface area (Å²) in [4.78, 5) is 15.2. The predicted octanol–water partition coefficient (Wildman–Crippen LogP) is 4.21. The highest BCUT2D eigenvalue weighted by Gasteiger charge is 2.12. The summed E-state index contributed by atoms with van der Waals surface area (Å²) in [6, 6.07) is 11.1. The Bertz CT molecular complexity index is 797. The van der Waals surface area contributed by atoms with Gasteiger partial charge < -0.3 is 10.3 Å². The topological polar surface area (TPSA) is 44.9 Å². The van der Waals surface area contributed by atoms with Crippen LogP contribution in [-0.2, 0) is 0 Å². The Hall–Kier alpha value is -2.33. The van der Waals surface area contributed by atoms with E-state index in [1.54, 1.807) is 36.5 Å². The molecular weight excluding hydrogens is 279 g/mol. The van der Waals surface area contributed by atoms with E-state index >= 15 is 0 Å². The van der Waals surface area contributed by atoms with Gasteiger partial charge in [-0.1, -0.05) is 17.7 Å². The molecular formula is C15H10ClFN2O. The van der Waals surface area contributed by atoms with E-state index in [4.69, 9.17) is 11.6 Å². The van der Waals surface area contributed by atoms with Crippen LogP contribution in [0.15, 0.2) is 48.7 Å². The fourth-order valence-electron chi connectivity index (χ4n) is 2.05. The van der Waals surface area contributed by atoms with Gasteiger partial charge in [0.15, 0.2) is 0 Å². The fourth-order valence-corrected chi connectivity index (χ4v) is 2.24. The molecule has 0 unspecified atom stereocenters. The Labute approximate surface area is 119 Å². The summed E-state index contributed by atoms with van der Waals surface area (Å²) in [7, 11) is 0. The third-order valence-electron chi connectivity index (χ3n) is 2.97. The zero-order valence-electron chi connectivity index (χ0n) is 10.3. The van der Waals surface area contributed by atoms with Crippen LogP contribution in [0.2, 0.25) is 5.02 Å². The van der Waals surface area contributed by atoms with Crippen molar-refractivity contribution in [1.29, 1.82) is 0 Å². The van der Waals surface area contributed by atoms with Crippen molar-refractivity contribution >= 4 is 34.1 Å². The monoisotopic (exact) mass is 288 g/mol. The molecule has 0 bridgehead atoms. The number of hydrogen-bond acceptors (Lipinski definition) is 1. The predicted molar refractivity (Wildman–Crippen MR) is 77.7 cm³/mol. The molecule has 3 rings (SSSR count). The van der Waals surface area contributed by atoms with Gasteiger partial charge in [0.1, 0.15) is 5.82 Å². The third kappa shape index (κ3) is 2.38. The van der Waals surface area contributed by atoms with Gasteiger partial charge in [0.05, 0.1) is 5.56 Å². The summed E-state index contributed by atoms with van der Waals surface area (Å²) in [5, 5.41) is 3.81. The normalized spacial score (nSPS) is 10.7. The zero-order chi connectivity index (χ0) is 14.1. The second-order valence-corrected chi connectivity index (χ2v) is 4.79. The molecule has 20 heavy (non-hydrogen) atoms. The molecule has 2 N–H and O–H groups in total. The molecule has 100 valence electrons. The summed E-state index contributed by atoms with van der Waals surface area (Å²) in [6.07, 6.45) is 1.56. The molecule has 3 nitrogen and oxygen atoms in total. The Morgan fingerprint density at radius 2 is 2.05 bits per heavy atom. The van der Waals surface area contributed by atoms with Crippen molar-refractivity contribution in [2.75, 3.05) is 5.32 Å². The molecule has 0 atom stereocenters. The van der Waals surface area contributed by atoms with Gasteiger partial charge in [-0.05, 0) is 36.4 Å². The van der Waals surface area contributed by atoms with Crippen LogP contribution in [-0.4, -0.2) is 10.9 Å². The molecule has 1 aromatic heterocycles. The Morgan fingerprint density at radius 3 is 2.85 bits per heavy atom. The van der Waals surface area contributed by atoms with E-state index in [0.29, 0.717) is 27.2 Å². The number of fused-ring (bicyclic) bond motifs is 1. The fraction of sp³-hybridized carbons (Fsp3) is 0. The maximum absolute atomic E-state index is 13.3. The molecule has 2 aromatic carbocycles. The number of benzene rings is 2. The number of aromatic nitrogens is 1. The van der Waals surface area contributed by atoms with Crippen LogP contribution in [0, 0.1) is 5.82 Å². The maximum Gasteiger partial charge on any atom is 0.257 e. The van der Waals surface area contributed by atoms with Crippen LogP contribution in [0.5, 0.6) is 0 Å². The highest BCUT2D eigenvalue weighted by molar-refractivity contribution is 6.31. The summed E-state index contributed by atoms with van der Waals surface area (Å²) in [5.41, 5.74) is 1.69. The Kier molecular flexibility index (Phi) is 3.16.